The van der Waals surface area contributed by atoms with Crippen LogP contribution in [0.25, 0.3) is 78.6 Å². The predicted octanol–water partition coefficient (Wildman–Crippen LogP) is 7.46. The van der Waals surface area contributed by atoms with Gasteiger partial charge < -0.3 is 30.9 Å². The molecule has 4 aliphatic heterocycles. The zero-order chi connectivity index (χ0) is 41.7. The number of benzene rings is 3. The average molecular weight is 821 g/mol. The second-order valence-corrected chi connectivity index (χ2v) is 16.3. The third-order valence-electron chi connectivity index (χ3n) is 12.3. The van der Waals surface area contributed by atoms with Crippen LogP contribution in [0.3, 0.4) is 0 Å². The molecule has 3 amide bonds. The van der Waals surface area contributed by atoms with Gasteiger partial charge in [-0.15, -0.1) is 0 Å². The summed E-state index contributed by atoms with van der Waals surface area (Å²) in [5.41, 5.74) is 13.3. The van der Waals surface area contributed by atoms with Gasteiger partial charge in [-0.1, -0.05) is 54.6 Å². The summed E-state index contributed by atoms with van der Waals surface area (Å²) in [5.74, 6) is -0.480. The van der Waals surface area contributed by atoms with Crippen LogP contribution < -0.4 is 16.0 Å². The largest absolute Gasteiger partial charge is 0.354 e. The Kier molecular flexibility index (Phi) is 9.48. The van der Waals surface area contributed by atoms with Crippen molar-refractivity contribution in [1.29, 1.82) is 0 Å². The maximum atomic E-state index is 14.2. The van der Waals surface area contributed by atoms with E-state index in [0.29, 0.717) is 56.3 Å². The van der Waals surface area contributed by atoms with E-state index >= 15 is 0 Å². The molecule has 3 aromatic carbocycles. The van der Waals surface area contributed by atoms with Crippen LogP contribution in [0.2, 0.25) is 0 Å². The molecule has 4 aromatic heterocycles. The van der Waals surface area contributed by atoms with Crippen molar-refractivity contribution in [1.82, 2.24) is 34.6 Å². The topological polar surface area (TPSA) is 157 Å². The van der Waals surface area contributed by atoms with E-state index in [9.17, 15) is 14.4 Å². The first-order valence-electron chi connectivity index (χ1n) is 21.1. The monoisotopic (exact) mass is 820 g/mol. The summed E-state index contributed by atoms with van der Waals surface area (Å²) >= 11 is 0. The molecule has 308 valence electrons. The molecule has 0 aliphatic carbocycles. The third kappa shape index (κ3) is 7.11. The standard InChI is InChI=1S/C49H44N10O3/c60-44-27-57-21-22-58-24-26-59(25-23-57)29-46(62)56-35-12-6-3-9-32(35)49-42-19-17-40(52-42)47(30-7-1-4-10-33(30)54-44)38-15-13-36(50-38)37-14-16-39(51-37)48(41-18-20-43(49)53-41)31-8-2-5-11-34(31)55-45(61)28-58/h1-20,50,52-53H,21-29H2,(H,54,60)(H,55,61)(H,56,62). The normalized spacial score (nSPS) is 19.6. The Labute approximate surface area is 356 Å². The lowest BCUT2D eigenvalue weighted by Crippen LogP contribution is -2.42. The van der Waals surface area contributed by atoms with E-state index < -0.39 is 0 Å². The lowest BCUT2D eigenvalue weighted by molar-refractivity contribution is -0.118. The van der Waals surface area contributed by atoms with Crippen LogP contribution >= 0.6 is 0 Å². The Morgan fingerprint density at radius 1 is 0.371 bits per heavy atom. The van der Waals surface area contributed by atoms with Gasteiger partial charge in [-0.3, -0.25) is 29.1 Å². The number of aromatic nitrogens is 4. The van der Waals surface area contributed by atoms with Gasteiger partial charge in [0.2, 0.25) is 17.7 Å². The van der Waals surface area contributed by atoms with E-state index in [2.05, 4.69) is 75.9 Å². The van der Waals surface area contributed by atoms with Crippen LogP contribution in [0, 0.1) is 0 Å². The van der Waals surface area contributed by atoms with E-state index in [1.165, 1.54) is 0 Å². The lowest BCUT2D eigenvalue weighted by Gasteiger charge is -2.25. The molecule has 6 N–H and O–H groups in total. The van der Waals surface area contributed by atoms with Crippen LogP contribution in [0.15, 0.2) is 109 Å². The average Bonchev–Trinajstić information content (AvgIpc) is 4.11. The number of nitrogens with one attached hydrogen (secondary N) is 6. The van der Waals surface area contributed by atoms with Crippen LogP contribution in [0.4, 0.5) is 17.1 Å². The highest BCUT2D eigenvalue weighted by molar-refractivity contribution is 6.07. The van der Waals surface area contributed by atoms with E-state index in [4.69, 9.17) is 4.98 Å². The molecule has 3 atom stereocenters. The molecule has 0 spiro atoms. The van der Waals surface area contributed by atoms with Crippen molar-refractivity contribution in [2.24, 2.45) is 0 Å². The van der Waals surface area contributed by atoms with E-state index in [1.807, 2.05) is 91.0 Å². The SMILES string of the molecule is O=C1CN2CCN3CCN(CC2)CC(=O)Nc2ccccc2-c2c4ccc([nH]4)c(c4nc(c5ccc([nH]5)c(c5ccc2[nH]5)-c2ccccc2NC(=O)C3)C=C4)-c2ccccc2N1. The number of H-pyrrole nitrogens is 3. The highest BCUT2D eigenvalue weighted by Gasteiger charge is 2.25. The molecule has 62 heavy (non-hydrogen) atoms. The molecule has 1 saturated heterocycles. The minimum atomic E-state index is -0.164. The molecule has 7 aromatic rings. The van der Waals surface area contributed by atoms with Crippen molar-refractivity contribution in [3.8, 4) is 33.4 Å². The molecule has 13 heteroatoms. The summed E-state index contributed by atoms with van der Waals surface area (Å²) < 4.78 is 0. The maximum Gasteiger partial charge on any atom is 0.238 e. The molecule has 0 saturated carbocycles. The molecule has 13 nitrogen and oxygen atoms in total. The summed E-state index contributed by atoms with van der Waals surface area (Å²) in [6.45, 7) is 3.72. The summed E-state index contributed by atoms with van der Waals surface area (Å²) in [6, 6.07) is 36.0. The zero-order valence-electron chi connectivity index (χ0n) is 33.9. The first-order valence-corrected chi connectivity index (χ1v) is 21.1. The second-order valence-electron chi connectivity index (χ2n) is 16.3. The first-order chi connectivity index (χ1) is 30.4. The Bertz CT molecular complexity index is 3100. The summed E-state index contributed by atoms with van der Waals surface area (Å²) in [6.07, 6.45) is 4.02. The quantitative estimate of drug-likeness (QED) is 0.0928. The van der Waals surface area contributed by atoms with Crippen molar-refractivity contribution in [3.63, 3.8) is 0 Å². The predicted molar refractivity (Wildman–Crippen MR) is 247 cm³/mol. The molecule has 11 rings (SSSR count). The van der Waals surface area contributed by atoms with E-state index in [0.717, 1.165) is 77.9 Å². The Morgan fingerprint density at radius 2 is 0.694 bits per heavy atom. The van der Waals surface area contributed by atoms with E-state index in [-0.39, 0.29) is 37.4 Å². The van der Waals surface area contributed by atoms with Gasteiger partial charge in [0.1, 0.15) is 0 Å². The molecule has 3 unspecified atom stereocenters. The van der Waals surface area contributed by atoms with Gasteiger partial charge in [0, 0.05) is 117 Å². The summed E-state index contributed by atoms with van der Waals surface area (Å²) in [5, 5.41) is 9.82. The molecule has 4 aliphatic rings. The number of nitrogens with zero attached hydrogens (tertiary/aromatic N) is 4. The minimum Gasteiger partial charge on any atom is -0.354 e. The number of fused-ring (bicyclic) bond motifs is 17. The Hall–Kier alpha value is -7.32. The Morgan fingerprint density at radius 3 is 1.11 bits per heavy atom. The van der Waals surface area contributed by atoms with Gasteiger partial charge >= 0.3 is 0 Å². The number of aromatic amines is 3. The summed E-state index contributed by atoms with van der Waals surface area (Å²) in [4.78, 5) is 65.4. The smallest absolute Gasteiger partial charge is 0.238 e. The zero-order valence-corrected chi connectivity index (χ0v) is 33.9. The second kappa shape index (κ2) is 15.6. The number of rotatable bonds is 0. The molecular weight excluding hydrogens is 777 g/mol. The van der Waals surface area contributed by atoms with Crippen molar-refractivity contribution in [2.75, 3.05) is 74.9 Å². The number of anilines is 3. The van der Waals surface area contributed by atoms with Gasteiger partial charge in [0.05, 0.1) is 36.5 Å². The lowest BCUT2D eigenvalue weighted by atomic mass is 10.0. The van der Waals surface area contributed by atoms with Gasteiger partial charge in [-0.2, -0.15) is 0 Å². The number of amides is 3. The fraction of sp³-hybridized carbons (Fsp3) is 0.184. The van der Waals surface area contributed by atoms with Gasteiger partial charge in [-0.25, -0.2) is 4.98 Å². The number of hydrogen-bond donors (Lipinski definition) is 6. The van der Waals surface area contributed by atoms with Crippen molar-refractivity contribution < 1.29 is 14.4 Å². The highest BCUT2D eigenvalue weighted by atomic mass is 16.2. The number of hydrogen-bond acceptors (Lipinski definition) is 7. The minimum absolute atomic E-state index is 0.125. The fourth-order valence-electron chi connectivity index (χ4n) is 9.27. The van der Waals surface area contributed by atoms with Crippen LogP contribution in [-0.2, 0) is 14.4 Å². The van der Waals surface area contributed by atoms with Crippen LogP contribution in [0.5, 0.6) is 0 Å². The number of carbonyl (C=O) groups excluding carboxylic acids is 3. The molecule has 1 fully saturated rings. The number of para-hydroxylation sites is 3. The van der Waals surface area contributed by atoms with Crippen LogP contribution in [0.1, 0.15) is 11.4 Å². The molecule has 14 bridgehead atoms. The molecular formula is C49H44N10O3. The van der Waals surface area contributed by atoms with Gasteiger partial charge in [0.25, 0.3) is 0 Å². The maximum absolute atomic E-state index is 14.2. The van der Waals surface area contributed by atoms with Gasteiger partial charge in [0.15, 0.2) is 0 Å². The van der Waals surface area contributed by atoms with Crippen molar-refractivity contribution in [2.45, 2.75) is 0 Å². The summed E-state index contributed by atoms with van der Waals surface area (Å²) in [7, 11) is 0. The molecule has 0 radical (unpaired) electrons. The van der Waals surface area contributed by atoms with Gasteiger partial charge in [-0.05, 0) is 66.7 Å². The van der Waals surface area contributed by atoms with Crippen molar-refractivity contribution >= 4 is 80.0 Å². The highest BCUT2D eigenvalue weighted by Crippen LogP contribution is 2.40. The third-order valence-corrected chi connectivity index (χ3v) is 12.3. The van der Waals surface area contributed by atoms with Crippen molar-refractivity contribution in [3.05, 3.63) is 121 Å². The van der Waals surface area contributed by atoms with Crippen LogP contribution in [-0.4, -0.2) is 111 Å². The Balaban J connectivity index is 1.30. The van der Waals surface area contributed by atoms with E-state index in [1.54, 1.807) is 0 Å². The molecule has 8 heterocycles. The first kappa shape index (κ1) is 37.7. The number of carbonyl (C=O) groups is 3. The fourth-order valence-corrected chi connectivity index (χ4v) is 9.27.